The molecule has 0 rings (SSSR count). The highest BCUT2D eigenvalue weighted by Crippen LogP contribution is 2.17. The molecule has 0 fully saturated rings. The van der Waals surface area contributed by atoms with E-state index < -0.39 is 6.10 Å². The summed E-state index contributed by atoms with van der Waals surface area (Å²) in [5.74, 6) is -0.380. The second-order valence-corrected chi connectivity index (χ2v) is 20.6. The lowest BCUT2D eigenvalue weighted by Crippen LogP contribution is -2.30. The van der Waals surface area contributed by atoms with E-state index in [1.807, 2.05) is 0 Å². The maximum absolute atomic E-state index is 12.9. The minimum absolute atomic E-state index is 0.0871. The van der Waals surface area contributed by atoms with Crippen LogP contribution < -0.4 is 0 Å². The van der Waals surface area contributed by atoms with Gasteiger partial charge in [0.1, 0.15) is 6.61 Å². The van der Waals surface area contributed by atoms with E-state index in [4.69, 9.17) is 14.2 Å². The summed E-state index contributed by atoms with van der Waals surface area (Å²) in [5, 5.41) is 0. The zero-order chi connectivity index (χ0) is 49.2. The van der Waals surface area contributed by atoms with Gasteiger partial charge in [-0.15, -0.1) is 0 Å². The first kappa shape index (κ1) is 66.1. The van der Waals surface area contributed by atoms with Crippen molar-refractivity contribution in [3.05, 3.63) is 36.5 Å². The van der Waals surface area contributed by atoms with Crippen molar-refractivity contribution in [3.63, 3.8) is 0 Å². The molecule has 5 heteroatoms. The molecular formula is C63H118O5. The van der Waals surface area contributed by atoms with Gasteiger partial charge in [-0.1, -0.05) is 301 Å². The summed E-state index contributed by atoms with van der Waals surface area (Å²) >= 11 is 0. The number of unbranched alkanes of at least 4 members (excludes halogenated alkanes) is 40. The Kier molecular flexibility index (Phi) is 57.8. The maximum Gasteiger partial charge on any atom is 0.306 e. The van der Waals surface area contributed by atoms with Crippen LogP contribution in [0.3, 0.4) is 0 Å². The first-order chi connectivity index (χ1) is 33.6. The highest BCUT2D eigenvalue weighted by Gasteiger charge is 2.18. The molecule has 0 amide bonds. The van der Waals surface area contributed by atoms with Crippen LogP contribution in [-0.4, -0.2) is 37.9 Å². The smallest absolute Gasteiger partial charge is 0.306 e. The first-order valence-electron chi connectivity index (χ1n) is 30.5. The van der Waals surface area contributed by atoms with E-state index in [0.29, 0.717) is 19.4 Å². The van der Waals surface area contributed by atoms with Crippen molar-refractivity contribution < 1.29 is 23.8 Å². The SMILES string of the molecule is CC/C=C\C/C=C\C/C=C\CCCCCCCCOCC(COC(=O)CCCCCCCCCCCCCCCCCCCCC)OC(=O)CCCCCCCCCCCCCCCCCCC. The summed E-state index contributed by atoms with van der Waals surface area (Å²) in [6.07, 6.45) is 73.2. The summed E-state index contributed by atoms with van der Waals surface area (Å²) in [7, 11) is 0. The Hall–Kier alpha value is -1.88. The lowest BCUT2D eigenvalue weighted by atomic mass is 10.0. The number of esters is 2. The zero-order valence-corrected chi connectivity index (χ0v) is 46.1. The minimum Gasteiger partial charge on any atom is -0.462 e. The molecule has 0 aromatic rings. The minimum atomic E-state index is -0.538. The normalized spacial score (nSPS) is 12.3. The number of rotatable bonds is 57. The van der Waals surface area contributed by atoms with E-state index in [1.54, 1.807) is 0 Å². The quantitative estimate of drug-likeness (QED) is 0.0345. The highest BCUT2D eigenvalue weighted by atomic mass is 16.6. The van der Waals surface area contributed by atoms with Crippen LogP contribution in [0.5, 0.6) is 0 Å². The van der Waals surface area contributed by atoms with Gasteiger partial charge in [0, 0.05) is 19.4 Å². The van der Waals surface area contributed by atoms with Gasteiger partial charge in [0.05, 0.1) is 6.61 Å². The lowest BCUT2D eigenvalue weighted by Gasteiger charge is -2.18. The molecule has 400 valence electrons. The number of allylic oxidation sites excluding steroid dienone is 6. The van der Waals surface area contributed by atoms with E-state index in [2.05, 4.69) is 57.2 Å². The van der Waals surface area contributed by atoms with Crippen LogP contribution in [-0.2, 0) is 23.8 Å². The molecule has 0 aliphatic carbocycles. The third-order valence-electron chi connectivity index (χ3n) is 13.7. The first-order valence-corrected chi connectivity index (χ1v) is 30.5. The summed E-state index contributed by atoms with van der Waals surface area (Å²) in [6, 6.07) is 0. The number of carbonyl (C=O) groups excluding carboxylic acids is 2. The Bertz CT molecular complexity index is 1080. The van der Waals surface area contributed by atoms with E-state index in [9.17, 15) is 9.59 Å². The number of hydrogen-bond acceptors (Lipinski definition) is 5. The van der Waals surface area contributed by atoms with Gasteiger partial charge in [0.15, 0.2) is 6.10 Å². The van der Waals surface area contributed by atoms with Crippen molar-refractivity contribution in [2.45, 2.75) is 335 Å². The molecule has 0 aliphatic rings. The van der Waals surface area contributed by atoms with Crippen LogP contribution in [0.4, 0.5) is 0 Å². The fraction of sp³-hybridized carbons (Fsp3) is 0.873. The molecule has 5 nitrogen and oxygen atoms in total. The van der Waals surface area contributed by atoms with Gasteiger partial charge in [-0.05, 0) is 51.4 Å². The average molecular weight is 956 g/mol. The lowest BCUT2D eigenvalue weighted by molar-refractivity contribution is -0.163. The molecule has 0 aliphatic heterocycles. The Morgan fingerprint density at radius 2 is 0.662 bits per heavy atom. The third kappa shape index (κ3) is 56.7. The topological polar surface area (TPSA) is 61.8 Å². The van der Waals surface area contributed by atoms with Crippen LogP contribution in [0.1, 0.15) is 329 Å². The molecule has 1 unspecified atom stereocenters. The Balaban J connectivity index is 4.22. The fourth-order valence-electron chi connectivity index (χ4n) is 9.18. The van der Waals surface area contributed by atoms with Crippen LogP contribution in [0.15, 0.2) is 36.5 Å². The molecule has 0 N–H and O–H groups in total. The molecule has 0 aromatic carbocycles. The van der Waals surface area contributed by atoms with Crippen molar-refractivity contribution in [3.8, 4) is 0 Å². The summed E-state index contributed by atoms with van der Waals surface area (Å²) in [5.41, 5.74) is 0. The van der Waals surface area contributed by atoms with Gasteiger partial charge in [-0.2, -0.15) is 0 Å². The predicted octanol–water partition coefficient (Wildman–Crippen LogP) is 20.9. The standard InChI is InChI=1S/C63H118O5/c1-4-7-10-13-16-19-22-25-28-31-32-34-35-38-41-44-47-50-53-56-62(64)67-60-61(59-66-58-55-52-49-46-43-40-37-30-27-24-21-18-15-12-9-6-3)68-63(65)57-54-51-48-45-42-39-36-33-29-26-23-20-17-14-11-8-5-2/h9,12,18,21,27,30,61H,4-8,10-11,13-17,19-20,22-26,28-29,31-60H2,1-3H3/b12-9-,21-18-,30-27-. The monoisotopic (exact) mass is 955 g/mol. The molecule has 0 bridgehead atoms. The van der Waals surface area contributed by atoms with E-state index in [-0.39, 0.29) is 25.2 Å². The molecule has 0 heterocycles. The van der Waals surface area contributed by atoms with Crippen LogP contribution in [0.2, 0.25) is 0 Å². The van der Waals surface area contributed by atoms with E-state index in [1.165, 1.54) is 231 Å². The Labute approximate surface area is 425 Å². The van der Waals surface area contributed by atoms with Gasteiger partial charge in [-0.3, -0.25) is 9.59 Å². The largest absolute Gasteiger partial charge is 0.462 e. The third-order valence-corrected chi connectivity index (χ3v) is 13.7. The molecule has 1 atom stereocenters. The van der Waals surface area contributed by atoms with E-state index >= 15 is 0 Å². The van der Waals surface area contributed by atoms with Gasteiger partial charge in [-0.25, -0.2) is 0 Å². The van der Waals surface area contributed by atoms with Crippen molar-refractivity contribution in [1.29, 1.82) is 0 Å². The van der Waals surface area contributed by atoms with Crippen LogP contribution in [0, 0.1) is 0 Å². The van der Waals surface area contributed by atoms with Gasteiger partial charge < -0.3 is 14.2 Å². The second-order valence-electron chi connectivity index (χ2n) is 20.6. The molecule has 0 radical (unpaired) electrons. The molecule has 0 aromatic heterocycles. The average Bonchev–Trinajstić information content (AvgIpc) is 3.34. The number of ether oxygens (including phenoxy) is 3. The zero-order valence-electron chi connectivity index (χ0n) is 46.1. The molecular weight excluding hydrogens is 837 g/mol. The molecule has 0 saturated heterocycles. The second kappa shape index (κ2) is 59.4. The Morgan fingerprint density at radius 1 is 0.338 bits per heavy atom. The van der Waals surface area contributed by atoms with Crippen molar-refractivity contribution in [2.75, 3.05) is 19.8 Å². The Morgan fingerprint density at radius 3 is 1.06 bits per heavy atom. The fourth-order valence-corrected chi connectivity index (χ4v) is 9.18. The number of hydrogen-bond donors (Lipinski definition) is 0. The predicted molar refractivity (Wildman–Crippen MR) is 298 cm³/mol. The summed E-state index contributed by atoms with van der Waals surface area (Å²) in [6.45, 7) is 7.77. The van der Waals surface area contributed by atoms with Gasteiger partial charge in [0.25, 0.3) is 0 Å². The van der Waals surface area contributed by atoms with Crippen molar-refractivity contribution in [1.82, 2.24) is 0 Å². The molecule has 0 saturated carbocycles. The summed E-state index contributed by atoms with van der Waals surface area (Å²) in [4.78, 5) is 25.6. The maximum atomic E-state index is 12.9. The van der Waals surface area contributed by atoms with Crippen molar-refractivity contribution in [2.24, 2.45) is 0 Å². The van der Waals surface area contributed by atoms with Gasteiger partial charge in [0.2, 0.25) is 0 Å². The van der Waals surface area contributed by atoms with Crippen molar-refractivity contribution >= 4 is 11.9 Å². The molecule has 68 heavy (non-hydrogen) atoms. The number of carbonyl (C=O) groups is 2. The summed E-state index contributed by atoms with van der Waals surface area (Å²) < 4.78 is 17.5. The van der Waals surface area contributed by atoms with E-state index in [0.717, 1.165) is 64.2 Å². The highest BCUT2D eigenvalue weighted by molar-refractivity contribution is 5.70. The van der Waals surface area contributed by atoms with Gasteiger partial charge >= 0.3 is 11.9 Å². The van der Waals surface area contributed by atoms with Crippen LogP contribution in [0.25, 0.3) is 0 Å². The van der Waals surface area contributed by atoms with Crippen LogP contribution >= 0.6 is 0 Å². The molecule has 0 spiro atoms.